The van der Waals surface area contributed by atoms with Gasteiger partial charge in [0.05, 0.1) is 67.9 Å². The second-order valence-corrected chi connectivity index (χ2v) is 15.9. The maximum absolute atomic E-state index is 13.7. The second kappa shape index (κ2) is 15.3. The molecule has 12 heteroatoms. The Bertz CT molecular complexity index is 3190. The molecule has 61 heavy (non-hydrogen) atoms. The van der Waals surface area contributed by atoms with Gasteiger partial charge < -0.3 is 15.2 Å². The molecule has 0 saturated carbocycles. The minimum absolute atomic E-state index is 0.0263. The number of hydrogen-bond donors (Lipinski definition) is 2. The van der Waals surface area contributed by atoms with E-state index in [0.29, 0.717) is 6.54 Å². The fourth-order valence-electron chi connectivity index (χ4n) is 8.64. The first-order valence-electron chi connectivity index (χ1n) is 20.8. The highest BCUT2D eigenvalue weighted by molar-refractivity contribution is 6.33. The number of aliphatic imine (C=N–C) groups is 3. The highest BCUT2D eigenvalue weighted by Gasteiger charge is 2.26. The van der Waals surface area contributed by atoms with Gasteiger partial charge in [0.2, 0.25) is 0 Å². The number of H-pyrrole nitrogens is 1. The first kappa shape index (κ1) is 37.8. The molecule has 0 radical (unpaired) electrons. The first-order valence-corrected chi connectivity index (χ1v) is 20.8. The van der Waals surface area contributed by atoms with Crippen LogP contribution in [-0.4, -0.2) is 43.2 Å². The Kier molecular flexibility index (Phi) is 9.47. The number of fused-ring (bicyclic) bond motifs is 7. The first-order chi connectivity index (χ1) is 29.7. The summed E-state index contributed by atoms with van der Waals surface area (Å²) in [5.41, 5.74) is 7.98. The fourth-order valence-corrected chi connectivity index (χ4v) is 8.64. The van der Waals surface area contributed by atoms with Crippen LogP contribution in [0.15, 0.2) is 166 Å². The second-order valence-electron chi connectivity index (χ2n) is 15.9. The number of aromatic amines is 1. The van der Waals surface area contributed by atoms with E-state index < -0.39 is 22.2 Å². The molecule has 302 valence electrons. The zero-order chi connectivity index (χ0) is 41.8. The van der Waals surface area contributed by atoms with Crippen molar-refractivity contribution in [2.24, 2.45) is 15.0 Å². The predicted octanol–water partition coefficient (Wildman–Crippen LogP) is 6.90. The van der Waals surface area contributed by atoms with E-state index in [1.165, 1.54) is 27.7 Å². The van der Waals surface area contributed by atoms with Gasteiger partial charge in [-0.3, -0.25) is 28.3 Å². The van der Waals surface area contributed by atoms with E-state index in [9.17, 15) is 19.2 Å². The summed E-state index contributed by atoms with van der Waals surface area (Å²) in [6.45, 7) is 2.51. The largest absolute Gasteiger partial charge is 0.355 e. The van der Waals surface area contributed by atoms with Crippen molar-refractivity contribution in [3.63, 3.8) is 0 Å². The van der Waals surface area contributed by atoms with E-state index in [2.05, 4.69) is 17.2 Å². The van der Waals surface area contributed by atoms with Crippen molar-refractivity contribution >= 4 is 50.3 Å². The van der Waals surface area contributed by atoms with Gasteiger partial charge in [0.25, 0.3) is 22.2 Å². The molecule has 2 N–H and O–H groups in total. The number of benzene rings is 2. The van der Waals surface area contributed by atoms with Crippen LogP contribution >= 0.6 is 0 Å². The Morgan fingerprint density at radius 2 is 1.26 bits per heavy atom. The third-order valence-electron chi connectivity index (χ3n) is 11.8. The molecule has 0 atom stereocenters. The molecule has 0 fully saturated rings. The minimum atomic E-state index is -0.487. The van der Waals surface area contributed by atoms with Gasteiger partial charge in [0.1, 0.15) is 5.82 Å². The molecule has 5 aliphatic heterocycles. The highest BCUT2D eigenvalue weighted by Crippen LogP contribution is 2.32. The van der Waals surface area contributed by atoms with E-state index in [0.717, 1.165) is 106 Å². The SMILES string of the molecule is CCCCCCCCn1c(=O)c2cc3c(=O)n(Cc4ccc(C5=C6C=CC(=N6)C=C6C=CC(=N6)/C(=C6/NC=CN6C)C6=NC(=Cc7ccc5[nH]7)C=C6)cc4)c(=O)c3cc2c1=O. The van der Waals surface area contributed by atoms with Crippen LogP contribution in [0.4, 0.5) is 0 Å². The van der Waals surface area contributed by atoms with E-state index >= 15 is 0 Å². The molecule has 3 aromatic heterocycles. The molecule has 0 spiro atoms. The summed E-state index contributed by atoms with van der Waals surface area (Å²) >= 11 is 0. The van der Waals surface area contributed by atoms with Crippen LogP contribution in [-0.2, 0) is 13.1 Å². The Labute approximate surface area is 350 Å². The lowest BCUT2D eigenvalue weighted by atomic mass is 9.99. The third-order valence-corrected chi connectivity index (χ3v) is 11.8. The van der Waals surface area contributed by atoms with E-state index in [-0.39, 0.29) is 28.1 Å². The van der Waals surface area contributed by atoms with Crippen LogP contribution < -0.4 is 27.6 Å². The lowest BCUT2D eigenvalue weighted by Gasteiger charge is -2.16. The lowest BCUT2D eigenvalue weighted by molar-refractivity contribution is 0.547. The molecule has 8 heterocycles. The molecule has 8 bridgehead atoms. The van der Waals surface area contributed by atoms with Gasteiger partial charge in [-0.1, -0.05) is 63.3 Å². The van der Waals surface area contributed by atoms with Crippen LogP contribution in [0.2, 0.25) is 0 Å². The minimum Gasteiger partial charge on any atom is -0.355 e. The summed E-state index contributed by atoms with van der Waals surface area (Å²) < 4.78 is 2.43. The van der Waals surface area contributed by atoms with Crippen LogP contribution in [0.1, 0.15) is 68.0 Å². The van der Waals surface area contributed by atoms with Crippen molar-refractivity contribution in [3.8, 4) is 0 Å². The smallest absolute Gasteiger partial charge is 0.261 e. The number of aromatic nitrogens is 3. The summed E-state index contributed by atoms with van der Waals surface area (Å²) in [7, 11) is 1.99. The molecule has 12 nitrogen and oxygen atoms in total. The molecule has 5 aromatic rings. The standard InChI is InChI=1S/C49H42N8O4/c1-3-4-5-6-7-8-22-56-46(58)35-26-37-38(27-36(35)47(56)59)49(61)57(48(37)60)28-29-9-11-30(12-10-29)43-39-17-13-31(51-39)24-33-15-19-41(53-33)44(45-50-21-23-55(45)2)42-20-16-34(54-42)25-32-14-18-40(43)52-32/h9-21,23-27,50-51H,3-8,22,28H2,1-2H3/b33-24?,34-25?,43-40?,45-44-. The van der Waals surface area contributed by atoms with Crippen molar-refractivity contribution in [2.75, 3.05) is 7.05 Å². The Balaban J connectivity index is 0.965. The number of nitrogens with zero attached hydrogens (tertiary/aromatic N) is 6. The zero-order valence-electron chi connectivity index (χ0n) is 33.9. The van der Waals surface area contributed by atoms with Gasteiger partial charge in [-0.25, -0.2) is 15.0 Å². The van der Waals surface area contributed by atoms with Crippen molar-refractivity contribution in [1.29, 1.82) is 0 Å². The molecular weight excluding hydrogens is 765 g/mol. The predicted molar refractivity (Wildman–Crippen MR) is 243 cm³/mol. The Hall–Kier alpha value is -7.47. The maximum atomic E-state index is 13.7. The third kappa shape index (κ3) is 6.79. The number of rotatable bonds is 10. The average molecular weight is 807 g/mol. The summed E-state index contributed by atoms with van der Waals surface area (Å²) in [4.78, 5) is 74.7. The molecular formula is C49H42N8O4. The van der Waals surface area contributed by atoms with Crippen molar-refractivity contribution in [3.05, 3.63) is 196 Å². The molecule has 5 aliphatic rings. The highest BCUT2D eigenvalue weighted by atomic mass is 16.2. The number of unbranched alkanes of at least 4 members (excludes halogenated alkanes) is 5. The Morgan fingerprint density at radius 3 is 1.92 bits per heavy atom. The average Bonchev–Trinajstić information content (AvgIpc) is 4.15. The number of nitrogens with one attached hydrogen (secondary N) is 2. The van der Waals surface area contributed by atoms with Crippen molar-refractivity contribution in [2.45, 2.75) is 58.5 Å². The molecule has 0 saturated heterocycles. The molecule has 0 aliphatic carbocycles. The monoisotopic (exact) mass is 806 g/mol. The van der Waals surface area contributed by atoms with Crippen molar-refractivity contribution in [1.82, 2.24) is 24.3 Å². The lowest BCUT2D eigenvalue weighted by Crippen LogP contribution is -2.26. The number of hydrogen-bond acceptors (Lipinski definition) is 9. The van der Waals surface area contributed by atoms with Crippen LogP contribution in [0.25, 0.3) is 33.2 Å². The number of allylic oxidation sites excluding steroid dienone is 8. The van der Waals surface area contributed by atoms with Crippen LogP contribution in [0.5, 0.6) is 0 Å². The van der Waals surface area contributed by atoms with E-state index in [1.54, 1.807) is 0 Å². The van der Waals surface area contributed by atoms with Gasteiger partial charge in [0, 0.05) is 43.0 Å². The van der Waals surface area contributed by atoms with Gasteiger partial charge in [0.15, 0.2) is 0 Å². The van der Waals surface area contributed by atoms with Gasteiger partial charge >= 0.3 is 0 Å². The summed E-state index contributed by atoms with van der Waals surface area (Å²) in [5, 5.41) is 4.00. The van der Waals surface area contributed by atoms with Crippen molar-refractivity contribution < 1.29 is 0 Å². The molecule has 0 amide bonds. The van der Waals surface area contributed by atoms with Crippen LogP contribution in [0, 0.1) is 0 Å². The molecule has 10 rings (SSSR count). The van der Waals surface area contributed by atoms with Crippen LogP contribution in [0.3, 0.4) is 0 Å². The summed E-state index contributed by atoms with van der Waals surface area (Å²) in [6, 6.07) is 14.6. The van der Waals surface area contributed by atoms with Gasteiger partial charge in [-0.2, -0.15) is 0 Å². The quantitative estimate of drug-likeness (QED) is 0.147. The Morgan fingerprint density at radius 1 is 0.623 bits per heavy atom. The maximum Gasteiger partial charge on any atom is 0.261 e. The normalized spacial score (nSPS) is 17.9. The van der Waals surface area contributed by atoms with Gasteiger partial charge in [-0.15, -0.1) is 0 Å². The van der Waals surface area contributed by atoms with E-state index in [1.807, 2.05) is 109 Å². The van der Waals surface area contributed by atoms with E-state index in [4.69, 9.17) is 15.0 Å². The summed E-state index contributed by atoms with van der Waals surface area (Å²) in [5.74, 6) is 0.893. The molecule has 0 unspecified atom stereocenters. The molecule has 2 aromatic carbocycles. The summed E-state index contributed by atoms with van der Waals surface area (Å²) in [6.07, 6.45) is 25.9. The van der Waals surface area contributed by atoms with Gasteiger partial charge in [-0.05, 0) is 90.4 Å². The topological polar surface area (TPSA) is 146 Å². The zero-order valence-corrected chi connectivity index (χ0v) is 33.9. The fraction of sp³-hybridized carbons (Fsp3) is 0.204.